The molecule has 2 heterocycles. The van der Waals surface area contributed by atoms with Gasteiger partial charge >= 0.3 is 0 Å². The van der Waals surface area contributed by atoms with Crippen LogP contribution in [0.25, 0.3) is 0 Å². The Labute approximate surface area is 141 Å². The molecule has 1 aliphatic rings. The average Bonchev–Trinajstić information content (AvgIpc) is 3.14. The summed E-state index contributed by atoms with van der Waals surface area (Å²) in [6.07, 6.45) is 2.12. The molecular weight excluding hydrogens is 298 g/mol. The standard InChI is InChI=1S/C20H21N3O/c1-3-7-15(8-4-1)18(16-9-5-2-6-10-16)19-22-20(24-23-19)17-11-13-21-14-12-17/h1-10,17-18,21H,11-14H2. The molecule has 4 nitrogen and oxygen atoms in total. The molecule has 0 unspecified atom stereocenters. The maximum atomic E-state index is 5.64. The van der Waals surface area contributed by atoms with E-state index in [1.54, 1.807) is 0 Å². The second-order valence-electron chi connectivity index (χ2n) is 6.27. The Bertz CT molecular complexity index is 724. The molecule has 1 saturated heterocycles. The minimum absolute atomic E-state index is 0.00613. The zero-order valence-corrected chi connectivity index (χ0v) is 13.6. The summed E-state index contributed by atoms with van der Waals surface area (Å²) in [5.74, 6) is 1.91. The van der Waals surface area contributed by atoms with E-state index in [4.69, 9.17) is 9.51 Å². The third-order valence-corrected chi connectivity index (χ3v) is 4.67. The van der Waals surface area contributed by atoms with E-state index in [0.29, 0.717) is 5.92 Å². The van der Waals surface area contributed by atoms with Crippen molar-refractivity contribution < 1.29 is 4.52 Å². The first kappa shape index (κ1) is 15.1. The maximum Gasteiger partial charge on any atom is 0.229 e. The van der Waals surface area contributed by atoms with E-state index >= 15 is 0 Å². The monoisotopic (exact) mass is 319 g/mol. The van der Waals surface area contributed by atoms with Crippen LogP contribution in [0.3, 0.4) is 0 Å². The van der Waals surface area contributed by atoms with Crippen molar-refractivity contribution in [3.63, 3.8) is 0 Å². The van der Waals surface area contributed by atoms with Crippen molar-refractivity contribution >= 4 is 0 Å². The van der Waals surface area contributed by atoms with Crippen molar-refractivity contribution in [1.29, 1.82) is 0 Å². The molecule has 0 bridgehead atoms. The summed E-state index contributed by atoms with van der Waals surface area (Å²) in [4.78, 5) is 4.78. The number of nitrogens with one attached hydrogen (secondary N) is 1. The molecule has 1 aliphatic heterocycles. The molecule has 1 N–H and O–H groups in total. The molecule has 24 heavy (non-hydrogen) atoms. The Morgan fingerprint density at radius 2 is 1.46 bits per heavy atom. The van der Waals surface area contributed by atoms with Gasteiger partial charge in [0.1, 0.15) is 0 Å². The third-order valence-electron chi connectivity index (χ3n) is 4.67. The highest BCUT2D eigenvalue weighted by atomic mass is 16.5. The molecule has 3 aromatic rings. The van der Waals surface area contributed by atoms with Gasteiger partial charge in [0.2, 0.25) is 5.89 Å². The van der Waals surface area contributed by atoms with Crippen LogP contribution in [0.2, 0.25) is 0 Å². The first-order valence-corrected chi connectivity index (χ1v) is 8.56. The van der Waals surface area contributed by atoms with Crippen molar-refractivity contribution in [2.24, 2.45) is 0 Å². The van der Waals surface area contributed by atoms with E-state index in [1.165, 1.54) is 11.1 Å². The molecule has 4 rings (SSSR count). The summed E-state index contributed by atoms with van der Waals surface area (Å²) < 4.78 is 5.64. The second kappa shape index (κ2) is 6.97. The minimum Gasteiger partial charge on any atom is -0.339 e. The SMILES string of the molecule is c1ccc(C(c2ccccc2)c2noc(C3CCNCC3)n2)cc1. The van der Waals surface area contributed by atoms with Gasteiger partial charge in [-0.05, 0) is 37.1 Å². The molecule has 0 saturated carbocycles. The Morgan fingerprint density at radius 3 is 2.04 bits per heavy atom. The summed E-state index contributed by atoms with van der Waals surface area (Å²) in [7, 11) is 0. The molecule has 0 atom stereocenters. The minimum atomic E-state index is 0.00613. The highest BCUT2D eigenvalue weighted by Gasteiger charge is 2.26. The number of piperidine rings is 1. The fourth-order valence-electron chi connectivity index (χ4n) is 3.38. The Morgan fingerprint density at radius 1 is 0.875 bits per heavy atom. The van der Waals surface area contributed by atoms with Gasteiger partial charge in [-0.15, -0.1) is 0 Å². The largest absolute Gasteiger partial charge is 0.339 e. The maximum absolute atomic E-state index is 5.64. The van der Waals surface area contributed by atoms with Gasteiger partial charge < -0.3 is 9.84 Å². The van der Waals surface area contributed by atoms with Crippen LogP contribution >= 0.6 is 0 Å². The molecular formula is C20H21N3O. The average molecular weight is 319 g/mol. The quantitative estimate of drug-likeness (QED) is 0.796. The van der Waals surface area contributed by atoms with Crippen molar-refractivity contribution in [3.8, 4) is 0 Å². The molecule has 0 radical (unpaired) electrons. The number of aromatic nitrogens is 2. The predicted octanol–water partition coefficient (Wildman–Crippen LogP) is 3.72. The second-order valence-corrected chi connectivity index (χ2v) is 6.27. The van der Waals surface area contributed by atoms with E-state index in [0.717, 1.165) is 37.6 Å². The number of benzene rings is 2. The lowest BCUT2D eigenvalue weighted by Crippen LogP contribution is -2.26. The lowest BCUT2D eigenvalue weighted by molar-refractivity contribution is 0.318. The zero-order valence-electron chi connectivity index (χ0n) is 13.6. The van der Waals surface area contributed by atoms with Crippen LogP contribution in [-0.2, 0) is 0 Å². The Balaban J connectivity index is 1.70. The van der Waals surface area contributed by atoms with E-state index in [2.05, 4.69) is 59.0 Å². The van der Waals surface area contributed by atoms with Gasteiger partial charge in [0.25, 0.3) is 0 Å². The summed E-state index contributed by atoms with van der Waals surface area (Å²) in [6.45, 7) is 2.03. The fourth-order valence-corrected chi connectivity index (χ4v) is 3.38. The van der Waals surface area contributed by atoms with Gasteiger partial charge in [0.05, 0.1) is 5.92 Å². The highest BCUT2D eigenvalue weighted by molar-refractivity contribution is 5.37. The zero-order chi connectivity index (χ0) is 16.2. The normalized spacial score (nSPS) is 15.7. The third kappa shape index (κ3) is 3.10. The molecule has 2 aromatic carbocycles. The van der Waals surface area contributed by atoms with Gasteiger partial charge in [-0.2, -0.15) is 4.98 Å². The Hall–Kier alpha value is -2.46. The first-order chi connectivity index (χ1) is 11.9. The van der Waals surface area contributed by atoms with Gasteiger partial charge in [-0.25, -0.2) is 0 Å². The van der Waals surface area contributed by atoms with Crippen LogP contribution in [0.5, 0.6) is 0 Å². The van der Waals surface area contributed by atoms with E-state index < -0.39 is 0 Å². The summed E-state index contributed by atoms with van der Waals surface area (Å²) in [5.41, 5.74) is 2.36. The molecule has 0 spiro atoms. The molecule has 4 heteroatoms. The smallest absolute Gasteiger partial charge is 0.229 e. The number of hydrogen-bond donors (Lipinski definition) is 1. The number of hydrogen-bond acceptors (Lipinski definition) is 4. The van der Waals surface area contributed by atoms with Crippen LogP contribution in [0, 0.1) is 0 Å². The molecule has 0 aliphatic carbocycles. The lowest BCUT2D eigenvalue weighted by atomic mass is 9.90. The van der Waals surface area contributed by atoms with Gasteiger partial charge in [0.15, 0.2) is 5.82 Å². The van der Waals surface area contributed by atoms with E-state index in [1.807, 2.05) is 12.1 Å². The topological polar surface area (TPSA) is 51.0 Å². The summed E-state index contributed by atoms with van der Waals surface area (Å²) in [5, 5.41) is 7.71. The van der Waals surface area contributed by atoms with Crippen molar-refractivity contribution in [3.05, 3.63) is 83.5 Å². The van der Waals surface area contributed by atoms with Crippen molar-refractivity contribution in [2.45, 2.75) is 24.7 Å². The molecule has 122 valence electrons. The molecule has 0 amide bonds. The van der Waals surface area contributed by atoms with Crippen LogP contribution in [0.15, 0.2) is 65.2 Å². The molecule has 1 fully saturated rings. The first-order valence-electron chi connectivity index (χ1n) is 8.56. The van der Waals surface area contributed by atoms with Crippen LogP contribution in [0.1, 0.15) is 47.5 Å². The van der Waals surface area contributed by atoms with E-state index in [9.17, 15) is 0 Å². The van der Waals surface area contributed by atoms with Gasteiger partial charge in [-0.1, -0.05) is 65.8 Å². The van der Waals surface area contributed by atoms with E-state index in [-0.39, 0.29) is 5.92 Å². The number of nitrogens with zero attached hydrogens (tertiary/aromatic N) is 2. The highest BCUT2D eigenvalue weighted by Crippen LogP contribution is 2.32. The van der Waals surface area contributed by atoms with Gasteiger partial charge in [0, 0.05) is 5.92 Å². The van der Waals surface area contributed by atoms with Crippen molar-refractivity contribution in [1.82, 2.24) is 15.5 Å². The van der Waals surface area contributed by atoms with Crippen molar-refractivity contribution in [2.75, 3.05) is 13.1 Å². The molecule has 1 aromatic heterocycles. The van der Waals surface area contributed by atoms with Gasteiger partial charge in [-0.3, -0.25) is 0 Å². The summed E-state index contributed by atoms with van der Waals surface area (Å²) >= 11 is 0. The summed E-state index contributed by atoms with van der Waals surface area (Å²) in [6, 6.07) is 20.8. The van der Waals surface area contributed by atoms with Crippen LogP contribution in [-0.4, -0.2) is 23.2 Å². The fraction of sp³-hybridized carbons (Fsp3) is 0.300. The lowest BCUT2D eigenvalue weighted by Gasteiger charge is -2.18. The number of rotatable bonds is 4. The van der Waals surface area contributed by atoms with Crippen LogP contribution in [0.4, 0.5) is 0 Å². The Kier molecular flexibility index (Phi) is 4.38. The van der Waals surface area contributed by atoms with Crippen LogP contribution < -0.4 is 5.32 Å². The predicted molar refractivity (Wildman–Crippen MR) is 93.0 cm³/mol.